The summed E-state index contributed by atoms with van der Waals surface area (Å²) >= 11 is 0. The topological polar surface area (TPSA) is 101 Å². The van der Waals surface area contributed by atoms with Crippen LogP contribution in [0.2, 0.25) is 0 Å². The van der Waals surface area contributed by atoms with E-state index >= 15 is 0 Å². The summed E-state index contributed by atoms with van der Waals surface area (Å²) in [5.74, 6) is -1.10. The molecule has 0 aliphatic heterocycles. The van der Waals surface area contributed by atoms with E-state index in [1.54, 1.807) is 84.9 Å². The lowest BCUT2D eigenvalue weighted by atomic mass is 10.0. The predicted octanol–water partition coefficient (Wildman–Crippen LogP) is 6.31. The van der Waals surface area contributed by atoms with Crippen LogP contribution in [0.3, 0.4) is 0 Å². The fourth-order valence-electron chi connectivity index (χ4n) is 3.91. The summed E-state index contributed by atoms with van der Waals surface area (Å²) < 4.78 is 0. The summed E-state index contributed by atoms with van der Waals surface area (Å²) in [4.78, 5) is 61.5. The number of ketones is 4. The number of hydrogen-bond donors (Lipinski definition) is 1. The largest absolute Gasteiger partial charge is 0.378 e. The molecule has 4 rings (SSSR count). The minimum absolute atomic E-state index is 0.0919. The van der Waals surface area contributed by atoms with E-state index in [0.29, 0.717) is 27.9 Å². The number of rotatable bonds is 10. The molecule has 0 aromatic heterocycles. The molecule has 7 nitrogen and oxygen atoms in total. The van der Waals surface area contributed by atoms with Gasteiger partial charge >= 0.3 is 0 Å². The van der Waals surface area contributed by atoms with Gasteiger partial charge in [-0.25, -0.2) is 0 Å². The van der Waals surface area contributed by atoms with Crippen molar-refractivity contribution in [2.45, 2.75) is 19.8 Å². The zero-order valence-electron chi connectivity index (χ0n) is 23.3. The molecule has 0 fully saturated rings. The third kappa shape index (κ3) is 9.21. The molecule has 0 aliphatic rings. The molecule has 0 aliphatic carbocycles. The fourth-order valence-corrected chi connectivity index (χ4v) is 3.91. The number of anilines is 2. The van der Waals surface area contributed by atoms with Gasteiger partial charge < -0.3 is 10.2 Å². The van der Waals surface area contributed by atoms with Gasteiger partial charge in [0.15, 0.2) is 23.1 Å². The number of hydrogen-bond acceptors (Lipinski definition) is 6. The van der Waals surface area contributed by atoms with Crippen molar-refractivity contribution in [2.24, 2.45) is 0 Å². The Hall–Kier alpha value is -5.17. The van der Waals surface area contributed by atoms with Crippen LogP contribution in [-0.2, 0) is 4.79 Å². The van der Waals surface area contributed by atoms with Crippen molar-refractivity contribution >= 4 is 40.4 Å². The Morgan fingerprint density at radius 3 is 1.41 bits per heavy atom. The first-order valence-corrected chi connectivity index (χ1v) is 13.0. The highest BCUT2D eigenvalue weighted by molar-refractivity contribution is 6.16. The van der Waals surface area contributed by atoms with Gasteiger partial charge in [-0.05, 0) is 36.4 Å². The Morgan fingerprint density at radius 1 is 0.537 bits per heavy atom. The highest BCUT2D eigenvalue weighted by atomic mass is 16.2. The minimum Gasteiger partial charge on any atom is -0.378 e. The first-order valence-electron chi connectivity index (χ1n) is 13.0. The summed E-state index contributed by atoms with van der Waals surface area (Å²) in [6.07, 6.45) is -0.314. The second kappa shape index (κ2) is 14.8. The summed E-state index contributed by atoms with van der Waals surface area (Å²) in [7, 11) is 3.88. The van der Waals surface area contributed by atoms with Gasteiger partial charge in [0.05, 0.1) is 18.5 Å². The molecule has 0 saturated heterocycles. The molecule has 1 N–H and O–H groups in total. The van der Waals surface area contributed by atoms with Crippen LogP contribution >= 0.6 is 0 Å². The Balaban J connectivity index is 0.000000226. The van der Waals surface area contributed by atoms with Crippen LogP contribution in [0.5, 0.6) is 0 Å². The summed E-state index contributed by atoms with van der Waals surface area (Å²) in [5.41, 5.74) is 3.44. The number of nitrogens with one attached hydrogen (secondary N) is 1. The standard InChI is InChI=1S/C17H15NO3.C17H17NO2/c1-12(19)18-15-10-6-5-9-14(15)17(21)11-16(20)13-7-3-2-4-8-13;1-18(2)15-10-8-14(9-11-15)17(20)12-16(19)13-6-4-3-5-7-13/h2-10H,11H2,1H3,(H,18,19);3-11H,12H2,1-2H3. The Morgan fingerprint density at radius 2 is 0.951 bits per heavy atom. The molecule has 0 bridgehead atoms. The van der Waals surface area contributed by atoms with Crippen LogP contribution in [0, 0.1) is 0 Å². The summed E-state index contributed by atoms with van der Waals surface area (Å²) in [6, 6.07) is 31.5. The number of para-hydroxylation sites is 1. The SMILES string of the molecule is CC(=O)Nc1ccccc1C(=O)CC(=O)c1ccccc1.CN(C)c1ccc(C(=O)CC(=O)c2ccccc2)cc1. The maximum Gasteiger partial charge on any atom is 0.221 e. The van der Waals surface area contributed by atoms with Gasteiger partial charge in [0, 0.05) is 49.0 Å². The summed E-state index contributed by atoms with van der Waals surface area (Å²) in [5, 5.41) is 2.60. The van der Waals surface area contributed by atoms with E-state index in [4.69, 9.17) is 0 Å². The second-order valence-electron chi connectivity index (χ2n) is 9.45. The normalized spacial score (nSPS) is 10.0. The lowest BCUT2D eigenvalue weighted by Gasteiger charge is -2.12. The number of nitrogens with zero attached hydrogens (tertiary/aromatic N) is 1. The van der Waals surface area contributed by atoms with Crippen LogP contribution in [0.4, 0.5) is 11.4 Å². The third-order valence-corrected chi connectivity index (χ3v) is 6.08. The third-order valence-electron chi connectivity index (χ3n) is 6.08. The zero-order chi connectivity index (χ0) is 29.8. The van der Waals surface area contributed by atoms with Crippen LogP contribution < -0.4 is 10.2 Å². The molecule has 0 unspecified atom stereocenters. The molecule has 7 heteroatoms. The minimum atomic E-state index is -0.312. The average Bonchev–Trinajstić information content (AvgIpc) is 2.98. The van der Waals surface area contributed by atoms with Crippen LogP contribution in [0.15, 0.2) is 109 Å². The predicted molar refractivity (Wildman–Crippen MR) is 161 cm³/mol. The second-order valence-corrected chi connectivity index (χ2v) is 9.45. The van der Waals surface area contributed by atoms with Crippen molar-refractivity contribution in [3.05, 3.63) is 131 Å². The van der Waals surface area contributed by atoms with E-state index in [1.807, 2.05) is 43.3 Å². The molecule has 0 spiro atoms. The molecular formula is C34H32N2O5. The van der Waals surface area contributed by atoms with E-state index in [-0.39, 0.29) is 41.9 Å². The Kier molecular flexibility index (Phi) is 11.0. The highest BCUT2D eigenvalue weighted by Gasteiger charge is 2.17. The maximum absolute atomic E-state index is 12.3. The van der Waals surface area contributed by atoms with Crippen molar-refractivity contribution in [1.82, 2.24) is 0 Å². The van der Waals surface area contributed by atoms with E-state index in [9.17, 15) is 24.0 Å². The van der Waals surface area contributed by atoms with Crippen LogP contribution in [0.1, 0.15) is 61.2 Å². The van der Waals surface area contributed by atoms with E-state index in [1.165, 1.54) is 6.92 Å². The maximum atomic E-state index is 12.3. The first-order chi connectivity index (χ1) is 19.7. The lowest BCUT2D eigenvalue weighted by molar-refractivity contribution is -0.114. The molecule has 4 aromatic rings. The monoisotopic (exact) mass is 548 g/mol. The molecule has 1 amide bonds. The van der Waals surface area contributed by atoms with Crippen LogP contribution in [-0.4, -0.2) is 43.1 Å². The smallest absolute Gasteiger partial charge is 0.221 e. The van der Waals surface area contributed by atoms with E-state index < -0.39 is 0 Å². The van der Waals surface area contributed by atoms with E-state index in [0.717, 1.165) is 5.69 Å². The zero-order valence-corrected chi connectivity index (χ0v) is 23.3. The Labute approximate surface area is 239 Å². The molecule has 208 valence electrons. The van der Waals surface area contributed by atoms with Crippen molar-refractivity contribution in [2.75, 3.05) is 24.3 Å². The molecular weight excluding hydrogens is 516 g/mol. The van der Waals surface area contributed by atoms with Crippen molar-refractivity contribution in [3.8, 4) is 0 Å². The van der Waals surface area contributed by atoms with Gasteiger partial charge in [-0.15, -0.1) is 0 Å². The van der Waals surface area contributed by atoms with Gasteiger partial charge in [-0.1, -0.05) is 72.8 Å². The summed E-state index contributed by atoms with van der Waals surface area (Å²) in [6.45, 7) is 1.37. The average molecular weight is 549 g/mol. The van der Waals surface area contributed by atoms with Gasteiger partial charge in [0.25, 0.3) is 0 Å². The molecule has 0 saturated carbocycles. The van der Waals surface area contributed by atoms with Crippen molar-refractivity contribution in [1.29, 1.82) is 0 Å². The van der Waals surface area contributed by atoms with Gasteiger partial charge in [-0.3, -0.25) is 24.0 Å². The van der Waals surface area contributed by atoms with Crippen molar-refractivity contribution < 1.29 is 24.0 Å². The first kappa shape index (κ1) is 30.4. The molecule has 0 radical (unpaired) electrons. The van der Waals surface area contributed by atoms with Gasteiger partial charge in [-0.2, -0.15) is 0 Å². The number of amides is 1. The fraction of sp³-hybridized carbons (Fsp3) is 0.147. The molecule has 4 aromatic carbocycles. The number of Topliss-reactive ketones (excluding diaryl/α,β-unsaturated/α-hetero) is 4. The van der Waals surface area contributed by atoms with Crippen molar-refractivity contribution in [3.63, 3.8) is 0 Å². The highest BCUT2D eigenvalue weighted by Crippen LogP contribution is 2.18. The number of carbonyl (C=O) groups excluding carboxylic acids is 5. The lowest BCUT2D eigenvalue weighted by Crippen LogP contribution is -2.13. The van der Waals surface area contributed by atoms with Gasteiger partial charge in [0.2, 0.25) is 5.91 Å². The molecule has 0 heterocycles. The molecule has 41 heavy (non-hydrogen) atoms. The van der Waals surface area contributed by atoms with Crippen LogP contribution in [0.25, 0.3) is 0 Å². The Bertz CT molecular complexity index is 1510. The quantitative estimate of drug-likeness (QED) is 0.184. The molecule has 0 atom stereocenters. The van der Waals surface area contributed by atoms with E-state index in [2.05, 4.69) is 5.32 Å². The van der Waals surface area contributed by atoms with Gasteiger partial charge in [0.1, 0.15) is 0 Å². The number of benzene rings is 4. The number of carbonyl (C=O) groups is 5.